The number of hydrogen-bond acceptors (Lipinski definition) is 6. The molecular weight excluding hydrogens is 332 g/mol. The third-order valence-electron chi connectivity index (χ3n) is 4.55. The Balaban J connectivity index is 1.48. The van der Waals surface area contributed by atoms with Gasteiger partial charge < -0.3 is 18.7 Å². The summed E-state index contributed by atoms with van der Waals surface area (Å²) in [6.07, 6.45) is 3.50. The molecule has 134 valence electrons. The second-order valence-electron chi connectivity index (χ2n) is 6.15. The highest BCUT2D eigenvalue weighted by Gasteiger charge is 2.15. The van der Waals surface area contributed by atoms with Crippen LogP contribution in [0.4, 0.5) is 0 Å². The van der Waals surface area contributed by atoms with Crippen molar-refractivity contribution in [1.29, 1.82) is 0 Å². The van der Waals surface area contributed by atoms with Gasteiger partial charge in [-0.25, -0.2) is 0 Å². The standard InChI is InChI=1S/C20H20N2O4/c1-23-15-8-9-17(18(11-15)24-2)20-21-19(26-22-20)12-25-16-7-6-13-4-3-5-14(13)10-16/h6-11H,3-5,12H2,1-2H3. The van der Waals surface area contributed by atoms with Gasteiger partial charge in [-0.2, -0.15) is 4.98 Å². The van der Waals surface area contributed by atoms with Crippen LogP contribution in [0.2, 0.25) is 0 Å². The molecular formula is C20H20N2O4. The molecule has 0 saturated heterocycles. The van der Waals surface area contributed by atoms with Crippen molar-refractivity contribution in [3.05, 3.63) is 53.4 Å². The summed E-state index contributed by atoms with van der Waals surface area (Å²) in [4.78, 5) is 4.41. The second kappa shape index (κ2) is 7.07. The van der Waals surface area contributed by atoms with E-state index in [0.717, 1.165) is 24.2 Å². The largest absolute Gasteiger partial charge is 0.497 e. The molecule has 0 atom stereocenters. The van der Waals surface area contributed by atoms with E-state index in [0.29, 0.717) is 23.2 Å². The first kappa shape index (κ1) is 16.4. The molecule has 6 nitrogen and oxygen atoms in total. The zero-order chi connectivity index (χ0) is 17.9. The Morgan fingerprint density at radius 3 is 2.65 bits per heavy atom. The van der Waals surface area contributed by atoms with Gasteiger partial charge in [0.1, 0.15) is 17.2 Å². The van der Waals surface area contributed by atoms with E-state index in [9.17, 15) is 0 Å². The lowest BCUT2D eigenvalue weighted by Crippen LogP contribution is -1.97. The van der Waals surface area contributed by atoms with E-state index in [4.69, 9.17) is 18.7 Å². The van der Waals surface area contributed by atoms with Crippen molar-refractivity contribution < 1.29 is 18.7 Å². The first-order chi connectivity index (χ1) is 12.8. The highest BCUT2D eigenvalue weighted by molar-refractivity contribution is 5.65. The maximum Gasteiger partial charge on any atom is 0.264 e. The molecule has 0 amide bonds. The number of methoxy groups -OCH3 is 2. The van der Waals surface area contributed by atoms with Gasteiger partial charge in [-0.3, -0.25) is 0 Å². The van der Waals surface area contributed by atoms with E-state index in [2.05, 4.69) is 22.3 Å². The van der Waals surface area contributed by atoms with E-state index in [1.165, 1.54) is 17.5 Å². The first-order valence-corrected chi connectivity index (χ1v) is 8.56. The quantitative estimate of drug-likeness (QED) is 0.672. The Bertz CT molecular complexity index is 920. The maximum absolute atomic E-state index is 5.81. The van der Waals surface area contributed by atoms with Gasteiger partial charge in [-0.15, -0.1) is 0 Å². The zero-order valence-corrected chi connectivity index (χ0v) is 14.8. The van der Waals surface area contributed by atoms with Gasteiger partial charge in [-0.1, -0.05) is 11.2 Å². The Morgan fingerprint density at radius 1 is 0.962 bits per heavy atom. The molecule has 0 fully saturated rings. The molecule has 4 rings (SSSR count). The van der Waals surface area contributed by atoms with E-state index in [1.54, 1.807) is 20.3 Å². The van der Waals surface area contributed by atoms with Crippen LogP contribution in [-0.4, -0.2) is 24.4 Å². The highest BCUT2D eigenvalue weighted by Crippen LogP contribution is 2.32. The molecule has 1 heterocycles. The summed E-state index contributed by atoms with van der Waals surface area (Å²) in [6, 6.07) is 11.7. The molecule has 0 spiro atoms. The summed E-state index contributed by atoms with van der Waals surface area (Å²) in [5, 5.41) is 4.03. The summed E-state index contributed by atoms with van der Waals surface area (Å²) in [5.74, 6) is 3.02. The fourth-order valence-corrected chi connectivity index (χ4v) is 3.19. The van der Waals surface area contributed by atoms with Crippen molar-refractivity contribution >= 4 is 0 Å². The molecule has 6 heteroatoms. The lowest BCUT2D eigenvalue weighted by Gasteiger charge is -2.07. The summed E-state index contributed by atoms with van der Waals surface area (Å²) < 4.78 is 21.7. The van der Waals surface area contributed by atoms with Crippen LogP contribution in [0.25, 0.3) is 11.4 Å². The maximum atomic E-state index is 5.81. The number of hydrogen-bond donors (Lipinski definition) is 0. The molecule has 1 aliphatic carbocycles. The summed E-state index contributed by atoms with van der Waals surface area (Å²) >= 11 is 0. The van der Waals surface area contributed by atoms with Crippen molar-refractivity contribution in [2.75, 3.05) is 14.2 Å². The number of fused-ring (bicyclic) bond motifs is 1. The summed E-state index contributed by atoms with van der Waals surface area (Å²) in [7, 11) is 3.20. The van der Waals surface area contributed by atoms with Gasteiger partial charge in [0.25, 0.3) is 5.89 Å². The van der Waals surface area contributed by atoms with Crippen LogP contribution >= 0.6 is 0 Å². The molecule has 1 aromatic heterocycles. The van der Waals surface area contributed by atoms with Crippen molar-refractivity contribution in [3.8, 4) is 28.6 Å². The number of aromatic nitrogens is 2. The van der Waals surface area contributed by atoms with Crippen molar-refractivity contribution in [2.24, 2.45) is 0 Å². The number of aryl methyl sites for hydroxylation is 2. The van der Waals surface area contributed by atoms with E-state index in [1.807, 2.05) is 18.2 Å². The predicted octanol–water partition coefficient (Wildman–Crippen LogP) is 3.82. The molecule has 1 aliphatic rings. The average Bonchev–Trinajstić information content (AvgIpc) is 3.34. The normalized spacial score (nSPS) is 12.7. The third-order valence-corrected chi connectivity index (χ3v) is 4.55. The molecule has 0 saturated carbocycles. The lowest BCUT2D eigenvalue weighted by molar-refractivity contribution is 0.243. The topological polar surface area (TPSA) is 66.6 Å². The van der Waals surface area contributed by atoms with E-state index in [-0.39, 0.29) is 6.61 Å². The monoisotopic (exact) mass is 352 g/mol. The van der Waals surface area contributed by atoms with Crippen molar-refractivity contribution in [2.45, 2.75) is 25.9 Å². The third kappa shape index (κ3) is 3.22. The molecule has 26 heavy (non-hydrogen) atoms. The Kier molecular flexibility index (Phi) is 4.48. The fourth-order valence-electron chi connectivity index (χ4n) is 3.19. The van der Waals surface area contributed by atoms with E-state index < -0.39 is 0 Å². The van der Waals surface area contributed by atoms with E-state index >= 15 is 0 Å². The number of benzene rings is 2. The Labute approximate surface area is 151 Å². The first-order valence-electron chi connectivity index (χ1n) is 8.56. The minimum atomic E-state index is 0.226. The van der Waals surface area contributed by atoms with Crippen LogP contribution in [0.1, 0.15) is 23.4 Å². The van der Waals surface area contributed by atoms with Crippen LogP contribution in [-0.2, 0) is 19.4 Å². The minimum Gasteiger partial charge on any atom is -0.497 e. The second-order valence-corrected chi connectivity index (χ2v) is 6.15. The highest BCUT2D eigenvalue weighted by atomic mass is 16.5. The summed E-state index contributed by atoms with van der Waals surface area (Å²) in [5.41, 5.74) is 3.53. The lowest BCUT2D eigenvalue weighted by atomic mass is 10.1. The number of rotatable bonds is 6. The molecule has 0 radical (unpaired) electrons. The van der Waals surface area contributed by atoms with Crippen molar-refractivity contribution in [1.82, 2.24) is 10.1 Å². The predicted molar refractivity (Wildman–Crippen MR) is 95.6 cm³/mol. The molecule has 0 aliphatic heterocycles. The Morgan fingerprint density at radius 2 is 1.81 bits per heavy atom. The molecule has 0 bridgehead atoms. The molecule has 3 aromatic rings. The smallest absolute Gasteiger partial charge is 0.264 e. The van der Waals surface area contributed by atoms with Crippen LogP contribution in [0, 0.1) is 0 Å². The molecule has 0 N–H and O–H groups in total. The van der Waals surface area contributed by atoms with Gasteiger partial charge in [0, 0.05) is 6.07 Å². The number of nitrogens with zero attached hydrogens (tertiary/aromatic N) is 2. The fraction of sp³-hybridized carbons (Fsp3) is 0.300. The van der Waals surface area contributed by atoms with Crippen LogP contribution < -0.4 is 14.2 Å². The average molecular weight is 352 g/mol. The number of ether oxygens (including phenoxy) is 3. The van der Waals surface area contributed by atoms with Gasteiger partial charge >= 0.3 is 0 Å². The Hall–Kier alpha value is -3.02. The van der Waals surface area contributed by atoms with Crippen LogP contribution in [0.3, 0.4) is 0 Å². The SMILES string of the molecule is COc1ccc(-c2noc(COc3ccc4c(c3)CCC4)n2)c(OC)c1. The van der Waals surface area contributed by atoms with Gasteiger partial charge in [-0.05, 0) is 54.7 Å². The van der Waals surface area contributed by atoms with Gasteiger partial charge in [0.15, 0.2) is 6.61 Å². The van der Waals surface area contributed by atoms with Crippen LogP contribution in [0.15, 0.2) is 40.9 Å². The van der Waals surface area contributed by atoms with Crippen molar-refractivity contribution in [3.63, 3.8) is 0 Å². The molecule has 2 aromatic carbocycles. The van der Waals surface area contributed by atoms with Crippen LogP contribution in [0.5, 0.6) is 17.2 Å². The molecule has 0 unspecified atom stereocenters. The van der Waals surface area contributed by atoms with Gasteiger partial charge in [0.2, 0.25) is 5.82 Å². The minimum absolute atomic E-state index is 0.226. The summed E-state index contributed by atoms with van der Waals surface area (Å²) in [6.45, 7) is 0.226. The van der Waals surface area contributed by atoms with Gasteiger partial charge in [0.05, 0.1) is 19.8 Å². The zero-order valence-electron chi connectivity index (χ0n) is 14.8.